The van der Waals surface area contributed by atoms with Crippen LogP contribution >= 0.6 is 0 Å². The Labute approximate surface area is 78.7 Å². The zero-order valence-electron chi connectivity index (χ0n) is 8.23. The summed E-state index contributed by atoms with van der Waals surface area (Å²) in [5.41, 5.74) is 5.70. The molecule has 0 aromatic carbocycles. The highest BCUT2D eigenvalue weighted by Gasteiger charge is 2.04. The van der Waals surface area contributed by atoms with Crippen molar-refractivity contribution >= 4 is 0 Å². The minimum absolute atomic E-state index is 0.156. The molecular formula is C9H17N3O. The Hall–Kier alpha value is -0.870. The first-order valence-electron chi connectivity index (χ1n) is 4.48. The molecule has 0 fully saturated rings. The van der Waals surface area contributed by atoms with Gasteiger partial charge in [0.05, 0.1) is 6.61 Å². The molecule has 0 radical (unpaired) electrons. The van der Waals surface area contributed by atoms with Gasteiger partial charge in [0.1, 0.15) is 5.82 Å². The van der Waals surface area contributed by atoms with Gasteiger partial charge in [0.2, 0.25) is 0 Å². The van der Waals surface area contributed by atoms with Crippen LogP contribution in [0.3, 0.4) is 0 Å². The highest BCUT2D eigenvalue weighted by atomic mass is 16.5. The van der Waals surface area contributed by atoms with Crippen LogP contribution in [-0.2, 0) is 17.7 Å². The molecule has 1 heterocycles. The summed E-state index contributed by atoms with van der Waals surface area (Å²) < 4.78 is 7.07. The molecule has 74 valence electrons. The third-order valence-electron chi connectivity index (χ3n) is 1.84. The van der Waals surface area contributed by atoms with E-state index in [-0.39, 0.29) is 6.04 Å². The molecule has 13 heavy (non-hydrogen) atoms. The molecule has 0 saturated carbocycles. The molecule has 0 saturated heterocycles. The zero-order valence-corrected chi connectivity index (χ0v) is 8.23. The molecule has 1 atom stereocenters. The van der Waals surface area contributed by atoms with Crippen LogP contribution in [0.4, 0.5) is 0 Å². The summed E-state index contributed by atoms with van der Waals surface area (Å²) in [6.07, 6.45) is 4.57. The van der Waals surface area contributed by atoms with Gasteiger partial charge in [-0.1, -0.05) is 0 Å². The maximum Gasteiger partial charge on any atom is 0.110 e. The van der Waals surface area contributed by atoms with Crippen LogP contribution in [-0.4, -0.2) is 29.3 Å². The molecule has 0 bridgehead atoms. The van der Waals surface area contributed by atoms with E-state index in [9.17, 15) is 0 Å². The van der Waals surface area contributed by atoms with Crippen LogP contribution in [0.15, 0.2) is 12.4 Å². The van der Waals surface area contributed by atoms with Crippen LogP contribution in [0.1, 0.15) is 12.7 Å². The normalized spacial score (nSPS) is 13.2. The van der Waals surface area contributed by atoms with Crippen molar-refractivity contribution in [2.24, 2.45) is 5.73 Å². The van der Waals surface area contributed by atoms with Gasteiger partial charge in [-0.25, -0.2) is 4.98 Å². The molecule has 1 aromatic heterocycles. The second-order valence-electron chi connectivity index (χ2n) is 3.21. The van der Waals surface area contributed by atoms with Crippen LogP contribution in [0, 0.1) is 0 Å². The lowest BCUT2D eigenvalue weighted by Gasteiger charge is -2.08. The van der Waals surface area contributed by atoms with E-state index in [1.54, 1.807) is 13.3 Å². The first-order chi connectivity index (χ1) is 6.24. The molecule has 1 aromatic rings. The number of methoxy groups -OCH3 is 1. The molecule has 0 spiro atoms. The maximum absolute atomic E-state index is 5.70. The van der Waals surface area contributed by atoms with Crippen molar-refractivity contribution in [3.63, 3.8) is 0 Å². The van der Waals surface area contributed by atoms with Crippen molar-refractivity contribution in [2.75, 3.05) is 13.7 Å². The van der Waals surface area contributed by atoms with Gasteiger partial charge >= 0.3 is 0 Å². The van der Waals surface area contributed by atoms with Gasteiger partial charge in [0.15, 0.2) is 0 Å². The molecular weight excluding hydrogens is 166 g/mol. The lowest BCUT2D eigenvalue weighted by atomic mass is 10.2. The quantitative estimate of drug-likeness (QED) is 0.719. The van der Waals surface area contributed by atoms with Gasteiger partial charge in [-0.3, -0.25) is 0 Å². The van der Waals surface area contributed by atoms with E-state index in [2.05, 4.69) is 9.55 Å². The Morgan fingerprint density at radius 1 is 1.69 bits per heavy atom. The maximum atomic E-state index is 5.70. The number of ether oxygens (including phenoxy) is 1. The number of rotatable bonds is 5. The van der Waals surface area contributed by atoms with Crippen LogP contribution in [0.2, 0.25) is 0 Å². The van der Waals surface area contributed by atoms with Crippen molar-refractivity contribution in [3.8, 4) is 0 Å². The molecule has 4 heteroatoms. The standard InChI is InChI=1S/C9H17N3O/c1-8(10)7-9-11-3-4-12(9)5-6-13-2/h3-4,8H,5-7,10H2,1-2H3. The molecule has 4 nitrogen and oxygen atoms in total. The molecule has 0 amide bonds. The second kappa shape index (κ2) is 4.99. The van der Waals surface area contributed by atoms with E-state index in [1.807, 2.05) is 13.1 Å². The Bertz CT molecular complexity index is 245. The number of imidazole rings is 1. The minimum Gasteiger partial charge on any atom is -0.383 e. The van der Waals surface area contributed by atoms with Gasteiger partial charge in [0.25, 0.3) is 0 Å². The van der Waals surface area contributed by atoms with Crippen LogP contribution < -0.4 is 5.73 Å². The number of aromatic nitrogens is 2. The molecule has 0 aliphatic heterocycles. The van der Waals surface area contributed by atoms with E-state index in [0.717, 1.165) is 18.8 Å². The van der Waals surface area contributed by atoms with Gasteiger partial charge in [-0.2, -0.15) is 0 Å². The fourth-order valence-corrected chi connectivity index (χ4v) is 1.21. The predicted octanol–water partition coefficient (Wildman–Crippen LogP) is 0.419. The SMILES string of the molecule is COCCn1ccnc1CC(C)N. The predicted molar refractivity (Wildman–Crippen MR) is 51.5 cm³/mol. The number of hydrogen-bond donors (Lipinski definition) is 1. The summed E-state index contributed by atoms with van der Waals surface area (Å²) in [5, 5.41) is 0. The number of nitrogens with two attached hydrogens (primary N) is 1. The van der Waals surface area contributed by atoms with E-state index in [1.165, 1.54) is 0 Å². The van der Waals surface area contributed by atoms with E-state index >= 15 is 0 Å². The average molecular weight is 183 g/mol. The van der Waals surface area contributed by atoms with Crippen LogP contribution in [0.25, 0.3) is 0 Å². The molecule has 2 N–H and O–H groups in total. The van der Waals surface area contributed by atoms with Crippen molar-refractivity contribution in [1.82, 2.24) is 9.55 Å². The summed E-state index contributed by atoms with van der Waals surface area (Å²) in [5.74, 6) is 1.03. The van der Waals surface area contributed by atoms with Crippen LogP contribution in [0.5, 0.6) is 0 Å². The molecule has 1 unspecified atom stereocenters. The van der Waals surface area contributed by atoms with Crippen molar-refractivity contribution < 1.29 is 4.74 Å². The third kappa shape index (κ3) is 3.16. The molecule has 0 aliphatic rings. The minimum atomic E-state index is 0.156. The Morgan fingerprint density at radius 3 is 3.08 bits per heavy atom. The van der Waals surface area contributed by atoms with Gasteiger partial charge in [-0.05, 0) is 6.92 Å². The van der Waals surface area contributed by atoms with E-state index < -0.39 is 0 Å². The highest BCUT2D eigenvalue weighted by Crippen LogP contribution is 2.00. The highest BCUT2D eigenvalue weighted by molar-refractivity contribution is 4.94. The van der Waals surface area contributed by atoms with E-state index in [0.29, 0.717) is 6.61 Å². The van der Waals surface area contributed by atoms with Crippen molar-refractivity contribution in [2.45, 2.75) is 25.9 Å². The first-order valence-corrected chi connectivity index (χ1v) is 4.48. The molecule has 0 aliphatic carbocycles. The largest absolute Gasteiger partial charge is 0.383 e. The smallest absolute Gasteiger partial charge is 0.110 e. The Balaban J connectivity index is 2.55. The Kier molecular flexibility index (Phi) is 3.92. The summed E-state index contributed by atoms with van der Waals surface area (Å²) in [6.45, 7) is 3.54. The monoisotopic (exact) mass is 183 g/mol. The lowest BCUT2D eigenvalue weighted by molar-refractivity contribution is 0.186. The summed E-state index contributed by atoms with van der Waals surface area (Å²) in [6, 6.07) is 0.156. The third-order valence-corrected chi connectivity index (χ3v) is 1.84. The van der Waals surface area contributed by atoms with E-state index in [4.69, 9.17) is 10.5 Å². The second-order valence-corrected chi connectivity index (χ2v) is 3.21. The molecule has 1 rings (SSSR count). The van der Waals surface area contributed by atoms with Gasteiger partial charge < -0.3 is 15.0 Å². The zero-order chi connectivity index (χ0) is 9.68. The van der Waals surface area contributed by atoms with Gasteiger partial charge in [0, 0.05) is 38.5 Å². The van der Waals surface area contributed by atoms with Crippen molar-refractivity contribution in [1.29, 1.82) is 0 Å². The lowest BCUT2D eigenvalue weighted by Crippen LogP contribution is -2.21. The first kappa shape index (κ1) is 10.2. The average Bonchev–Trinajstić information content (AvgIpc) is 2.48. The number of nitrogens with zero attached hydrogens (tertiary/aromatic N) is 2. The van der Waals surface area contributed by atoms with Gasteiger partial charge in [-0.15, -0.1) is 0 Å². The topological polar surface area (TPSA) is 53.1 Å². The Morgan fingerprint density at radius 2 is 2.46 bits per heavy atom. The summed E-state index contributed by atoms with van der Waals surface area (Å²) in [4.78, 5) is 4.24. The summed E-state index contributed by atoms with van der Waals surface area (Å²) in [7, 11) is 1.70. The fraction of sp³-hybridized carbons (Fsp3) is 0.667. The fourth-order valence-electron chi connectivity index (χ4n) is 1.21. The summed E-state index contributed by atoms with van der Waals surface area (Å²) >= 11 is 0. The van der Waals surface area contributed by atoms with Crippen molar-refractivity contribution in [3.05, 3.63) is 18.2 Å². The number of hydrogen-bond acceptors (Lipinski definition) is 3.